The molecule has 2 aliphatic rings. The van der Waals surface area contributed by atoms with E-state index in [0.29, 0.717) is 13.0 Å². The number of ether oxygens (including phenoxy) is 1. The summed E-state index contributed by atoms with van der Waals surface area (Å²) < 4.78 is 4.76. The summed E-state index contributed by atoms with van der Waals surface area (Å²) in [4.78, 5) is 41.4. The Hall–Kier alpha value is -3.39. The van der Waals surface area contributed by atoms with E-state index in [9.17, 15) is 14.4 Å². The molecule has 0 aliphatic carbocycles. The van der Waals surface area contributed by atoms with Crippen molar-refractivity contribution in [3.63, 3.8) is 0 Å². The van der Waals surface area contributed by atoms with Gasteiger partial charge in [-0.3, -0.25) is 24.8 Å². The van der Waals surface area contributed by atoms with Gasteiger partial charge >= 0.3 is 6.09 Å². The van der Waals surface area contributed by atoms with Crippen LogP contribution in [0.15, 0.2) is 48.5 Å². The first-order valence-electron chi connectivity index (χ1n) is 11.0. The van der Waals surface area contributed by atoms with Gasteiger partial charge in [-0.15, -0.1) is 0 Å². The number of amides is 3. The molecular weight excluding hydrogens is 408 g/mol. The van der Waals surface area contributed by atoms with Gasteiger partial charge in [-0.25, -0.2) is 10.2 Å². The van der Waals surface area contributed by atoms with Gasteiger partial charge in [0.25, 0.3) is 5.91 Å². The molecular formula is C24H28N4O4. The zero-order valence-corrected chi connectivity index (χ0v) is 18.2. The number of nitrogens with one attached hydrogen (secondary N) is 2. The Kier molecular flexibility index (Phi) is 6.70. The molecule has 1 saturated heterocycles. The average Bonchev–Trinajstić information content (AvgIpc) is 3.18. The second-order valence-electron chi connectivity index (χ2n) is 7.95. The summed E-state index contributed by atoms with van der Waals surface area (Å²) in [5.74, 6) is -0.426. The molecule has 32 heavy (non-hydrogen) atoms. The van der Waals surface area contributed by atoms with Crippen LogP contribution < -0.4 is 15.8 Å². The van der Waals surface area contributed by atoms with Crippen LogP contribution in [0, 0.1) is 0 Å². The Labute approximate surface area is 187 Å². The Morgan fingerprint density at radius 2 is 1.59 bits per heavy atom. The van der Waals surface area contributed by atoms with Crippen LogP contribution in [-0.2, 0) is 27.2 Å². The number of carbonyl (C=O) groups is 3. The van der Waals surface area contributed by atoms with Crippen molar-refractivity contribution in [2.75, 3.05) is 24.6 Å². The first-order valence-corrected chi connectivity index (χ1v) is 11.0. The highest BCUT2D eigenvalue weighted by Crippen LogP contribution is 2.36. The van der Waals surface area contributed by atoms with Gasteiger partial charge < -0.3 is 4.74 Å². The zero-order valence-electron chi connectivity index (χ0n) is 18.2. The molecule has 2 heterocycles. The SMILES string of the molecule is CCOC(=O)NNC(=O)C1CCCN1CC(=O)N1c2ccccc2CCc2ccccc21. The van der Waals surface area contributed by atoms with E-state index in [4.69, 9.17) is 4.74 Å². The maximum Gasteiger partial charge on any atom is 0.426 e. The minimum absolute atomic E-state index is 0.0788. The smallest absolute Gasteiger partial charge is 0.426 e. The third-order valence-corrected chi connectivity index (χ3v) is 5.95. The highest BCUT2D eigenvalue weighted by atomic mass is 16.6. The number of hydrazine groups is 1. The van der Waals surface area contributed by atoms with E-state index in [-0.39, 0.29) is 25.0 Å². The van der Waals surface area contributed by atoms with Gasteiger partial charge in [0.15, 0.2) is 0 Å². The molecule has 4 rings (SSSR count). The van der Waals surface area contributed by atoms with Gasteiger partial charge in [-0.2, -0.15) is 0 Å². The van der Waals surface area contributed by atoms with Gasteiger partial charge in [-0.05, 0) is 62.4 Å². The molecule has 0 radical (unpaired) electrons. The molecule has 1 atom stereocenters. The minimum Gasteiger partial charge on any atom is -0.449 e. The van der Waals surface area contributed by atoms with E-state index in [1.807, 2.05) is 41.3 Å². The highest BCUT2D eigenvalue weighted by Gasteiger charge is 2.34. The largest absolute Gasteiger partial charge is 0.449 e. The number of para-hydroxylation sites is 2. The van der Waals surface area contributed by atoms with Gasteiger partial charge in [0, 0.05) is 0 Å². The standard InChI is InChI=1S/C24H28N4O4/c1-2-32-24(31)26-25-23(30)21-12-7-15-27(21)16-22(29)28-19-10-5-3-8-17(19)13-14-18-9-4-6-11-20(18)28/h3-6,8-11,21H,2,7,12-16H2,1H3,(H,25,30)(H,26,31). The molecule has 168 valence electrons. The van der Waals surface area contributed by atoms with E-state index >= 15 is 0 Å². The predicted octanol–water partition coefficient (Wildman–Crippen LogP) is 2.69. The number of hydrogen-bond acceptors (Lipinski definition) is 5. The maximum absolute atomic E-state index is 13.6. The molecule has 0 aromatic heterocycles. The van der Waals surface area contributed by atoms with Crippen molar-refractivity contribution in [1.82, 2.24) is 15.8 Å². The van der Waals surface area contributed by atoms with Crippen molar-refractivity contribution in [1.29, 1.82) is 0 Å². The number of likely N-dealkylation sites (tertiary alicyclic amines) is 1. The fourth-order valence-electron chi connectivity index (χ4n) is 4.47. The molecule has 8 nitrogen and oxygen atoms in total. The van der Waals surface area contributed by atoms with Crippen molar-refractivity contribution in [3.05, 3.63) is 59.7 Å². The number of anilines is 2. The summed E-state index contributed by atoms with van der Waals surface area (Å²) in [7, 11) is 0. The first-order chi connectivity index (χ1) is 15.6. The molecule has 1 fully saturated rings. The maximum atomic E-state index is 13.6. The normalized spacial score (nSPS) is 17.7. The lowest BCUT2D eigenvalue weighted by Gasteiger charge is -2.29. The molecule has 0 bridgehead atoms. The van der Waals surface area contributed by atoms with Gasteiger partial charge in [0.05, 0.1) is 30.6 Å². The summed E-state index contributed by atoms with van der Waals surface area (Å²) in [5.41, 5.74) is 8.70. The summed E-state index contributed by atoms with van der Waals surface area (Å²) in [5, 5.41) is 0. The van der Waals surface area contributed by atoms with E-state index in [1.165, 1.54) is 0 Å². The van der Waals surface area contributed by atoms with Gasteiger partial charge in [-0.1, -0.05) is 36.4 Å². The summed E-state index contributed by atoms with van der Waals surface area (Å²) in [6, 6.07) is 15.5. The number of nitrogens with zero attached hydrogens (tertiary/aromatic N) is 2. The predicted molar refractivity (Wildman–Crippen MR) is 120 cm³/mol. The third kappa shape index (κ3) is 4.60. The van der Waals surface area contributed by atoms with Crippen LogP contribution in [0.2, 0.25) is 0 Å². The van der Waals surface area contributed by atoms with Crippen LogP contribution in [0.5, 0.6) is 0 Å². The molecule has 2 aromatic carbocycles. The number of hydrogen-bond donors (Lipinski definition) is 2. The fourth-order valence-corrected chi connectivity index (χ4v) is 4.47. The molecule has 0 saturated carbocycles. The summed E-state index contributed by atoms with van der Waals surface area (Å²) in [6.45, 7) is 2.65. The Balaban J connectivity index is 1.52. The van der Waals surface area contributed by atoms with Crippen molar-refractivity contribution >= 4 is 29.3 Å². The topological polar surface area (TPSA) is 91.0 Å². The Morgan fingerprint density at radius 3 is 2.22 bits per heavy atom. The average molecular weight is 437 g/mol. The zero-order chi connectivity index (χ0) is 22.5. The lowest BCUT2D eigenvalue weighted by Crippen LogP contribution is -2.52. The van der Waals surface area contributed by atoms with E-state index in [1.54, 1.807) is 11.8 Å². The summed E-state index contributed by atoms with van der Waals surface area (Å²) >= 11 is 0. The molecule has 3 amide bonds. The quantitative estimate of drug-likeness (QED) is 0.720. The fraction of sp³-hybridized carbons (Fsp3) is 0.375. The molecule has 1 unspecified atom stereocenters. The monoisotopic (exact) mass is 436 g/mol. The summed E-state index contributed by atoms with van der Waals surface area (Å²) in [6.07, 6.45) is 2.45. The molecule has 2 aromatic rings. The van der Waals surface area contributed by atoms with Crippen LogP contribution >= 0.6 is 0 Å². The minimum atomic E-state index is -0.709. The second-order valence-corrected chi connectivity index (χ2v) is 7.95. The van der Waals surface area contributed by atoms with E-state index < -0.39 is 12.1 Å². The van der Waals surface area contributed by atoms with Crippen LogP contribution in [0.3, 0.4) is 0 Å². The number of fused-ring (bicyclic) bond motifs is 2. The first kappa shape index (κ1) is 21.8. The highest BCUT2D eigenvalue weighted by molar-refractivity contribution is 6.03. The van der Waals surface area contributed by atoms with Crippen LogP contribution in [0.1, 0.15) is 30.9 Å². The number of benzene rings is 2. The number of rotatable bonds is 4. The van der Waals surface area contributed by atoms with E-state index in [2.05, 4.69) is 23.0 Å². The Bertz CT molecular complexity index is 961. The lowest BCUT2D eigenvalue weighted by molar-refractivity contribution is -0.127. The van der Waals surface area contributed by atoms with E-state index in [0.717, 1.165) is 41.8 Å². The number of aryl methyl sites for hydroxylation is 2. The molecule has 0 spiro atoms. The third-order valence-electron chi connectivity index (χ3n) is 5.95. The molecule has 2 N–H and O–H groups in total. The van der Waals surface area contributed by atoms with Crippen molar-refractivity contribution in [2.45, 2.75) is 38.6 Å². The van der Waals surface area contributed by atoms with Crippen molar-refractivity contribution in [3.8, 4) is 0 Å². The van der Waals surface area contributed by atoms with Crippen LogP contribution in [-0.4, -0.2) is 48.5 Å². The van der Waals surface area contributed by atoms with Gasteiger partial charge in [0.2, 0.25) is 5.91 Å². The molecule has 8 heteroatoms. The van der Waals surface area contributed by atoms with Crippen molar-refractivity contribution in [2.24, 2.45) is 0 Å². The second kappa shape index (κ2) is 9.82. The number of carbonyl (C=O) groups excluding carboxylic acids is 3. The molecule has 2 aliphatic heterocycles. The van der Waals surface area contributed by atoms with Crippen molar-refractivity contribution < 1.29 is 19.1 Å². The Morgan fingerprint density at radius 1 is 0.969 bits per heavy atom. The lowest BCUT2D eigenvalue weighted by atomic mass is 10.0. The van der Waals surface area contributed by atoms with Crippen LogP contribution in [0.4, 0.5) is 16.2 Å². The van der Waals surface area contributed by atoms with Gasteiger partial charge in [0.1, 0.15) is 0 Å². The van der Waals surface area contributed by atoms with Crippen LogP contribution in [0.25, 0.3) is 0 Å².